The van der Waals surface area contributed by atoms with E-state index in [1.165, 1.54) is 0 Å². The van der Waals surface area contributed by atoms with Gasteiger partial charge in [0.2, 0.25) is 0 Å². The zero-order valence-corrected chi connectivity index (χ0v) is 25.7. The Morgan fingerprint density at radius 2 is 1.39 bits per heavy atom. The van der Waals surface area contributed by atoms with Gasteiger partial charge in [0.25, 0.3) is 0 Å². The first-order chi connectivity index (χ1) is 20.9. The van der Waals surface area contributed by atoms with Crippen LogP contribution < -0.4 is 0 Å². The second-order valence-electron chi connectivity index (χ2n) is 11.0. The zero-order valence-electron chi connectivity index (χ0n) is 23.5. The summed E-state index contributed by atoms with van der Waals surface area (Å²) >= 11 is 0. The fraction of sp³-hybridized carbons (Fsp3) is 0.0857. The number of aromatic nitrogens is 4. The maximum Gasteiger partial charge on any atom is 0.188 e. The van der Waals surface area contributed by atoms with E-state index in [2.05, 4.69) is 30.8 Å². The molecule has 0 aliphatic heterocycles. The van der Waals surface area contributed by atoms with Gasteiger partial charge in [0, 0.05) is 55.2 Å². The van der Waals surface area contributed by atoms with Gasteiger partial charge in [-0.1, -0.05) is 11.5 Å². The molecule has 4 aromatic heterocycles. The first kappa shape index (κ1) is 27.4. The summed E-state index contributed by atoms with van der Waals surface area (Å²) < 4.78 is 15.6. The zero-order chi connectivity index (χ0) is 29.3. The normalized spacial score (nSPS) is 11.6. The van der Waals surface area contributed by atoms with Crippen LogP contribution in [0.25, 0.3) is 60.1 Å². The quantitative estimate of drug-likeness (QED) is 0.169. The van der Waals surface area contributed by atoms with Gasteiger partial charge in [-0.05, 0) is 80.2 Å². The number of nitriles is 1. The van der Waals surface area contributed by atoms with E-state index >= 15 is 0 Å². The van der Waals surface area contributed by atoms with E-state index in [4.69, 9.17) is 25.6 Å². The van der Waals surface area contributed by atoms with Gasteiger partial charge in [-0.25, -0.2) is 9.53 Å². The average Bonchev–Trinajstić information content (AvgIpc) is 3.84. The van der Waals surface area contributed by atoms with E-state index in [1.807, 2.05) is 83.8 Å². The van der Waals surface area contributed by atoms with Crippen molar-refractivity contribution in [3.05, 3.63) is 126 Å². The van der Waals surface area contributed by atoms with Gasteiger partial charge in [-0.2, -0.15) is 21.5 Å². The molecule has 8 rings (SSSR count). The van der Waals surface area contributed by atoms with Crippen LogP contribution in [0, 0.1) is 24.0 Å². The van der Waals surface area contributed by atoms with Crippen LogP contribution in [0.5, 0.6) is 0 Å². The molecule has 214 valence electrons. The summed E-state index contributed by atoms with van der Waals surface area (Å²) in [6.45, 7) is 11.6. The number of fused-ring (bicyclic) bond motifs is 6. The molecule has 0 amide bonds. The van der Waals surface area contributed by atoms with Gasteiger partial charge in [0.05, 0.1) is 40.7 Å². The third-order valence-corrected chi connectivity index (χ3v) is 8.05. The monoisotopic (exact) mass is 752 g/mol. The van der Waals surface area contributed by atoms with Gasteiger partial charge in [0.1, 0.15) is 16.7 Å². The Morgan fingerprint density at radius 1 is 0.773 bits per heavy atom. The van der Waals surface area contributed by atoms with Crippen LogP contribution in [-0.4, -0.2) is 19.6 Å². The van der Waals surface area contributed by atoms with Crippen LogP contribution in [0.1, 0.15) is 30.8 Å². The van der Waals surface area contributed by atoms with Crippen LogP contribution in [0.4, 0.5) is 5.69 Å². The Kier molecular flexibility index (Phi) is 6.28. The molecule has 0 atom stereocenters. The molecule has 0 aliphatic rings. The molecule has 8 nitrogen and oxygen atoms in total. The molecule has 0 fully saturated rings. The summed E-state index contributed by atoms with van der Waals surface area (Å²) in [7, 11) is 0. The van der Waals surface area contributed by atoms with Crippen LogP contribution in [-0.2, 0) is 26.5 Å². The molecule has 0 aliphatic carbocycles. The number of nitrogens with zero attached hydrogens (tertiary/aromatic N) is 6. The summed E-state index contributed by atoms with van der Waals surface area (Å²) in [6, 6.07) is 30.1. The summed E-state index contributed by atoms with van der Waals surface area (Å²) in [5.41, 5.74) is 7.02. The Bertz CT molecular complexity index is 2310. The van der Waals surface area contributed by atoms with E-state index in [1.54, 1.807) is 16.8 Å². The molecular weight excluding hydrogens is 732 g/mol. The first-order valence-corrected chi connectivity index (χ1v) is 13.7. The fourth-order valence-corrected chi connectivity index (χ4v) is 5.60. The van der Waals surface area contributed by atoms with Crippen molar-refractivity contribution in [1.82, 2.24) is 19.6 Å². The number of furan rings is 2. The van der Waals surface area contributed by atoms with E-state index in [9.17, 15) is 5.26 Å². The molecule has 9 heteroatoms. The maximum atomic E-state index is 9.35. The average molecular weight is 753 g/mol. The minimum atomic E-state index is -0.485. The van der Waals surface area contributed by atoms with Crippen molar-refractivity contribution in [2.45, 2.75) is 19.3 Å². The van der Waals surface area contributed by atoms with Gasteiger partial charge in [-0.15, -0.1) is 12.1 Å². The van der Waals surface area contributed by atoms with Crippen LogP contribution in [0.2, 0.25) is 0 Å². The first-order valence-electron chi connectivity index (χ1n) is 13.7. The Morgan fingerprint density at radius 3 is 2.14 bits per heavy atom. The van der Waals surface area contributed by atoms with Crippen molar-refractivity contribution in [3.8, 4) is 17.4 Å². The molecule has 8 aromatic rings. The standard InChI is InChI=1S/C35H21N6O2.Pt/c1-35(2,33-12-14-40(38-33)23-6-10-31-27(18-23)25-16-21(20-36)4-8-29(25)42-31)34-13-15-41(39-34)24-7-11-32-28(19-24)26-17-22(37-3)5-9-30(26)43-32;/h4-5,7-19H,1-2H3;/q-1;. The topological polar surface area (TPSA) is 90.1 Å². The van der Waals surface area contributed by atoms with Crippen molar-refractivity contribution in [3.63, 3.8) is 0 Å². The van der Waals surface area contributed by atoms with Crippen LogP contribution in [0.15, 0.2) is 100 Å². The van der Waals surface area contributed by atoms with Gasteiger partial charge in [-0.3, -0.25) is 4.68 Å². The third kappa shape index (κ3) is 4.23. The van der Waals surface area contributed by atoms with Gasteiger partial charge in [0.15, 0.2) is 5.69 Å². The summed E-state index contributed by atoms with van der Waals surface area (Å²) in [5, 5.41) is 22.8. The minimum Gasteiger partial charge on any atom is -0.516 e. The SMILES string of the molecule is [C-]#[N+]c1ccc2oc3ccc(-n4ccc(C(C)(C)c5ccn(-c6[c-]cc7oc8ccc(C#N)cc8c7c6)n5)n4)cc3c2c1.[Pt]. The summed E-state index contributed by atoms with van der Waals surface area (Å²) in [6.07, 6.45) is 3.87. The van der Waals surface area contributed by atoms with E-state index in [0.717, 1.165) is 61.1 Å². The molecular formula is C35H21N6O2Pt-. The van der Waals surface area contributed by atoms with Crippen molar-refractivity contribution in [1.29, 1.82) is 5.26 Å². The fourth-order valence-electron chi connectivity index (χ4n) is 5.60. The molecule has 4 heterocycles. The predicted octanol–water partition coefficient (Wildman–Crippen LogP) is 8.40. The molecule has 0 bridgehead atoms. The van der Waals surface area contributed by atoms with Crippen molar-refractivity contribution >= 4 is 49.6 Å². The second kappa shape index (κ2) is 10.1. The molecule has 0 N–H and O–H groups in total. The van der Waals surface area contributed by atoms with E-state index in [-0.39, 0.29) is 21.1 Å². The minimum absolute atomic E-state index is 0. The Hall–Kier alpha value is -5.43. The molecule has 4 aromatic carbocycles. The summed E-state index contributed by atoms with van der Waals surface area (Å²) in [5.74, 6) is 0. The summed E-state index contributed by atoms with van der Waals surface area (Å²) in [4.78, 5) is 3.56. The van der Waals surface area contributed by atoms with E-state index in [0.29, 0.717) is 16.8 Å². The van der Waals surface area contributed by atoms with Crippen molar-refractivity contribution < 1.29 is 29.9 Å². The smallest absolute Gasteiger partial charge is 0.188 e. The van der Waals surface area contributed by atoms with Crippen molar-refractivity contribution in [2.75, 3.05) is 0 Å². The maximum absolute atomic E-state index is 9.35. The molecule has 0 saturated carbocycles. The van der Waals surface area contributed by atoms with E-state index < -0.39 is 5.41 Å². The molecule has 0 spiro atoms. The Labute approximate surface area is 265 Å². The van der Waals surface area contributed by atoms with Crippen molar-refractivity contribution in [2.24, 2.45) is 0 Å². The number of hydrogen-bond donors (Lipinski definition) is 0. The van der Waals surface area contributed by atoms with Crippen LogP contribution in [0.3, 0.4) is 0 Å². The number of rotatable bonds is 4. The predicted molar refractivity (Wildman–Crippen MR) is 164 cm³/mol. The molecule has 0 radical (unpaired) electrons. The number of hydrogen-bond acceptors (Lipinski definition) is 5. The van der Waals surface area contributed by atoms with Crippen LogP contribution >= 0.6 is 0 Å². The van der Waals surface area contributed by atoms with Gasteiger partial charge >= 0.3 is 0 Å². The largest absolute Gasteiger partial charge is 0.516 e. The second-order valence-corrected chi connectivity index (χ2v) is 11.0. The van der Waals surface area contributed by atoms with Gasteiger partial charge < -0.3 is 8.83 Å². The molecule has 0 saturated heterocycles. The third-order valence-electron chi connectivity index (χ3n) is 8.05. The Balaban J connectivity index is 0.00000312. The number of benzene rings is 4. The molecule has 44 heavy (non-hydrogen) atoms. The molecule has 0 unspecified atom stereocenters.